The maximum Gasteiger partial charge on any atom is 0.262 e. The lowest BCUT2D eigenvalue weighted by Gasteiger charge is -2.10. The molecule has 5 heteroatoms. The van der Waals surface area contributed by atoms with Crippen molar-refractivity contribution in [1.82, 2.24) is 0 Å². The van der Waals surface area contributed by atoms with Crippen LogP contribution in [-0.2, 0) is 4.79 Å². The molecular weight excluding hydrogens is 293 g/mol. The van der Waals surface area contributed by atoms with Gasteiger partial charge in [-0.2, -0.15) is 0 Å². The van der Waals surface area contributed by atoms with Crippen molar-refractivity contribution in [3.8, 4) is 5.75 Å². The van der Waals surface area contributed by atoms with E-state index in [-0.39, 0.29) is 12.3 Å². The van der Waals surface area contributed by atoms with Crippen LogP contribution in [0.3, 0.4) is 0 Å². The number of hydrogen-bond donors (Lipinski definition) is 1. The number of rotatable bonds is 4. The van der Waals surface area contributed by atoms with E-state index in [1.54, 1.807) is 6.07 Å². The molecule has 0 aromatic heterocycles. The molecule has 0 unspecified atom stereocenters. The van der Waals surface area contributed by atoms with E-state index in [1.807, 2.05) is 26.0 Å². The molecule has 1 amide bonds. The number of hydrogen-bond acceptors (Lipinski definition) is 2. The highest BCUT2D eigenvalue weighted by atomic mass is 35.5. The van der Waals surface area contributed by atoms with Gasteiger partial charge >= 0.3 is 0 Å². The fourth-order valence-electron chi connectivity index (χ4n) is 1.88. The molecule has 0 aliphatic heterocycles. The topological polar surface area (TPSA) is 38.3 Å². The highest BCUT2D eigenvalue weighted by Gasteiger charge is 2.09. The summed E-state index contributed by atoms with van der Waals surface area (Å²) in [7, 11) is 0. The molecule has 0 bridgehead atoms. The Labute approximate surface area is 127 Å². The number of aryl methyl sites for hydroxylation is 2. The Kier molecular flexibility index (Phi) is 4.81. The molecule has 0 saturated heterocycles. The van der Waals surface area contributed by atoms with Gasteiger partial charge in [-0.25, -0.2) is 4.39 Å². The molecule has 0 aliphatic carbocycles. The second-order valence-corrected chi connectivity index (χ2v) is 5.17. The Hall–Kier alpha value is -2.07. The molecule has 0 radical (unpaired) electrons. The molecule has 21 heavy (non-hydrogen) atoms. The van der Waals surface area contributed by atoms with E-state index in [2.05, 4.69) is 5.32 Å². The zero-order valence-corrected chi connectivity index (χ0v) is 12.5. The number of benzene rings is 2. The van der Waals surface area contributed by atoms with E-state index in [0.29, 0.717) is 10.8 Å². The van der Waals surface area contributed by atoms with Gasteiger partial charge in [-0.05, 0) is 43.7 Å². The first-order valence-electron chi connectivity index (χ1n) is 6.40. The average Bonchev–Trinajstić information content (AvgIpc) is 2.42. The molecule has 1 N–H and O–H groups in total. The van der Waals surface area contributed by atoms with E-state index < -0.39 is 11.7 Å². The fourth-order valence-corrected chi connectivity index (χ4v) is 2.06. The largest absolute Gasteiger partial charge is 0.483 e. The molecule has 0 atom stereocenters. The lowest BCUT2D eigenvalue weighted by Crippen LogP contribution is -2.21. The van der Waals surface area contributed by atoms with Crippen molar-refractivity contribution in [2.75, 3.05) is 11.9 Å². The van der Waals surface area contributed by atoms with Crippen molar-refractivity contribution >= 4 is 23.2 Å². The Bertz CT molecular complexity index is 673. The molecule has 0 aliphatic rings. The van der Waals surface area contributed by atoms with E-state index in [4.69, 9.17) is 16.3 Å². The average molecular weight is 308 g/mol. The molecule has 110 valence electrons. The molecule has 0 fully saturated rings. The zero-order valence-electron chi connectivity index (χ0n) is 11.7. The van der Waals surface area contributed by atoms with Gasteiger partial charge in [0.2, 0.25) is 0 Å². The zero-order chi connectivity index (χ0) is 15.4. The predicted molar refractivity (Wildman–Crippen MR) is 81.5 cm³/mol. The number of nitrogens with one attached hydrogen (secondary N) is 1. The third-order valence-corrected chi connectivity index (χ3v) is 3.13. The minimum Gasteiger partial charge on any atom is -0.483 e. The van der Waals surface area contributed by atoms with Crippen LogP contribution in [0.1, 0.15) is 11.1 Å². The summed E-state index contributed by atoms with van der Waals surface area (Å²) in [5.41, 5.74) is 2.10. The summed E-state index contributed by atoms with van der Waals surface area (Å²) in [4.78, 5) is 11.8. The highest BCUT2D eigenvalue weighted by molar-refractivity contribution is 6.30. The number of amides is 1. The molecular formula is C16H15ClFNO2. The second-order valence-electron chi connectivity index (χ2n) is 4.73. The second kappa shape index (κ2) is 6.59. The van der Waals surface area contributed by atoms with Gasteiger partial charge in [0.05, 0.1) is 5.69 Å². The van der Waals surface area contributed by atoms with Crippen LogP contribution < -0.4 is 10.1 Å². The number of carbonyl (C=O) groups is 1. The van der Waals surface area contributed by atoms with Gasteiger partial charge in [0.25, 0.3) is 5.91 Å². The summed E-state index contributed by atoms with van der Waals surface area (Å²) in [6.45, 7) is 3.68. The van der Waals surface area contributed by atoms with E-state index in [9.17, 15) is 9.18 Å². The van der Waals surface area contributed by atoms with Crippen LogP contribution in [0.2, 0.25) is 5.02 Å². The van der Waals surface area contributed by atoms with Crippen LogP contribution >= 0.6 is 11.6 Å². The SMILES string of the molecule is Cc1ccc(OCC(=O)Nc2cc(Cl)ccc2F)c(C)c1. The van der Waals surface area contributed by atoms with Crippen LogP contribution in [0.5, 0.6) is 5.75 Å². The van der Waals surface area contributed by atoms with Gasteiger partial charge < -0.3 is 10.1 Å². The normalized spacial score (nSPS) is 10.3. The Morgan fingerprint density at radius 2 is 2.00 bits per heavy atom. The van der Waals surface area contributed by atoms with Gasteiger partial charge in [-0.3, -0.25) is 4.79 Å². The lowest BCUT2D eigenvalue weighted by molar-refractivity contribution is -0.118. The third-order valence-electron chi connectivity index (χ3n) is 2.89. The first kappa shape index (κ1) is 15.3. The van der Waals surface area contributed by atoms with Gasteiger partial charge in [0.15, 0.2) is 6.61 Å². The molecule has 0 spiro atoms. The van der Waals surface area contributed by atoms with Crippen molar-refractivity contribution < 1.29 is 13.9 Å². The molecule has 0 heterocycles. The summed E-state index contributed by atoms with van der Waals surface area (Å²) in [6.07, 6.45) is 0. The lowest BCUT2D eigenvalue weighted by atomic mass is 10.1. The van der Waals surface area contributed by atoms with Crippen molar-refractivity contribution in [3.05, 3.63) is 58.4 Å². The number of anilines is 1. The van der Waals surface area contributed by atoms with E-state index in [0.717, 1.165) is 11.1 Å². The van der Waals surface area contributed by atoms with E-state index in [1.165, 1.54) is 18.2 Å². The smallest absolute Gasteiger partial charge is 0.262 e. The van der Waals surface area contributed by atoms with Crippen molar-refractivity contribution in [3.63, 3.8) is 0 Å². The standard InChI is InChI=1S/C16H15ClFNO2/c1-10-3-6-15(11(2)7-10)21-9-16(20)19-14-8-12(17)4-5-13(14)18/h3-8H,9H2,1-2H3,(H,19,20). The van der Waals surface area contributed by atoms with Gasteiger partial charge in [0.1, 0.15) is 11.6 Å². The maximum absolute atomic E-state index is 13.5. The monoisotopic (exact) mass is 307 g/mol. The van der Waals surface area contributed by atoms with Crippen LogP contribution in [0.4, 0.5) is 10.1 Å². The number of halogens is 2. The Morgan fingerprint density at radius 3 is 2.71 bits per heavy atom. The molecule has 2 aromatic rings. The maximum atomic E-state index is 13.5. The summed E-state index contributed by atoms with van der Waals surface area (Å²) in [6, 6.07) is 9.63. The number of ether oxygens (including phenoxy) is 1. The van der Waals surface area contributed by atoms with Crippen LogP contribution in [0, 0.1) is 19.7 Å². The fraction of sp³-hybridized carbons (Fsp3) is 0.188. The van der Waals surface area contributed by atoms with Crippen molar-refractivity contribution in [2.45, 2.75) is 13.8 Å². The third kappa shape index (κ3) is 4.20. The summed E-state index contributed by atoms with van der Waals surface area (Å²) < 4.78 is 18.9. The van der Waals surface area contributed by atoms with Crippen LogP contribution in [0.25, 0.3) is 0 Å². The van der Waals surface area contributed by atoms with E-state index >= 15 is 0 Å². The Balaban J connectivity index is 1.97. The quantitative estimate of drug-likeness (QED) is 0.923. The summed E-state index contributed by atoms with van der Waals surface area (Å²) >= 11 is 5.76. The van der Waals surface area contributed by atoms with Crippen molar-refractivity contribution in [2.24, 2.45) is 0 Å². The highest BCUT2D eigenvalue weighted by Crippen LogP contribution is 2.20. The minimum absolute atomic E-state index is 0.0386. The van der Waals surface area contributed by atoms with Gasteiger partial charge in [0, 0.05) is 5.02 Å². The molecule has 3 nitrogen and oxygen atoms in total. The minimum atomic E-state index is -0.542. The summed E-state index contributed by atoms with van der Waals surface area (Å²) in [5.74, 6) is -0.363. The van der Waals surface area contributed by atoms with Crippen molar-refractivity contribution in [1.29, 1.82) is 0 Å². The van der Waals surface area contributed by atoms with Gasteiger partial charge in [-0.1, -0.05) is 29.3 Å². The molecule has 2 aromatic carbocycles. The van der Waals surface area contributed by atoms with Crippen LogP contribution in [-0.4, -0.2) is 12.5 Å². The first-order valence-corrected chi connectivity index (χ1v) is 6.78. The number of carbonyl (C=O) groups excluding carboxylic acids is 1. The summed E-state index contributed by atoms with van der Waals surface area (Å²) in [5, 5.41) is 2.78. The van der Waals surface area contributed by atoms with Gasteiger partial charge in [-0.15, -0.1) is 0 Å². The first-order chi connectivity index (χ1) is 9.95. The molecule has 0 saturated carbocycles. The van der Waals surface area contributed by atoms with Crippen LogP contribution in [0.15, 0.2) is 36.4 Å². The Morgan fingerprint density at radius 1 is 1.24 bits per heavy atom. The molecule has 2 rings (SSSR count). The predicted octanol–water partition coefficient (Wildman–Crippen LogP) is 4.11.